The highest BCUT2D eigenvalue weighted by molar-refractivity contribution is 9.10. The van der Waals surface area contributed by atoms with Crippen molar-refractivity contribution in [3.05, 3.63) is 52.5 Å². The van der Waals surface area contributed by atoms with E-state index in [1.54, 1.807) is 44.2 Å². The largest absolute Gasteiger partial charge is 0.497 e. The van der Waals surface area contributed by atoms with Gasteiger partial charge in [-0.15, -0.1) is 0 Å². The SMILES string of the molecule is COc1ccc(Br)c(C(=O)Nc2ccc(S(=O)(=O)NC(C)C)cc2)c1. The highest BCUT2D eigenvalue weighted by Crippen LogP contribution is 2.24. The van der Waals surface area contributed by atoms with Crippen LogP contribution in [0.3, 0.4) is 0 Å². The molecule has 2 rings (SSSR count). The van der Waals surface area contributed by atoms with Gasteiger partial charge in [-0.05, 0) is 72.2 Å². The van der Waals surface area contributed by atoms with Crippen LogP contribution in [0.25, 0.3) is 0 Å². The number of rotatable bonds is 6. The lowest BCUT2D eigenvalue weighted by atomic mass is 10.2. The van der Waals surface area contributed by atoms with Crippen molar-refractivity contribution in [3.63, 3.8) is 0 Å². The van der Waals surface area contributed by atoms with Gasteiger partial charge < -0.3 is 10.1 Å². The molecule has 6 nitrogen and oxygen atoms in total. The maximum absolute atomic E-state index is 12.4. The Balaban J connectivity index is 2.18. The monoisotopic (exact) mass is 426 g/mol. The number of hydrogen-bond acceptors (Lipinski definition) is 4. The van der Waals surface area contributed by atoms with Gasteiger partial charge >= 0.3 is 0 Å². The van der Waals surface area contributed by atoms with Crippen molar-refractivity contribution in [2.24, 2.45) is 0 Å². The smallest absolute Gasteiger partial charge is 0.256 e. The quantitative estimate of drug-likeness (QED) is 0.740. The van der Waals surface area contributed by atoms with Gasteiger partial charge in [-0.2, -0.15) is 0 Å². The summed E-state index contributed by atoms with van der Waals surface area (Å²) in [5.74, 6) is 0.233. The number of halogens is 1. The number of anilines is 1. The summed E-state index contributed by atoms with van der Waals surface area (Å²) in [4.78, 5) is 12.5. The van der Waals surface area contributed by atoms with E-state index in [0.717, 1.165) is 0 Å². The van der Waals surface area contributed by atoms with Gasteiger partial charge in [0, 0.05) is 16.2 Å². The number of hydrogen-bond donors (Lipinski definition) is 2. The first kappa shape index (κ1) is 19.4. The van der Waals surface area contributed by atoms with E-state index in [4.69, 9.17) is 4.74 Å². The first-order valence-electron chi connectivity index (χ1n) is 7.50. The second kappa shape index (κ2) is 7.99. The van der Waals surface area contributed by atoms with Crippen LogP contribution in [0.15, 0.2) is 51.8 Å². The molecule has 0 spiro atoms. The van der Waals surface area contributed by atoms with Crippen molar-refractivity contribution in [3.8, 4) is 5.75 Å². The second-order valence-corrected chi connectivity index (χ2v) is 8.17. The Hall–Kier alpha value is -1.90. The molecule has 0 unspecified atom stereocenters. The Kier molecular flexibility index (Phi) is 6.21. The fraction of sp³-hybridized carbons (Fsp3) is 0.235. The molecule has 0 atom stereocenters. The zero-order valence-corrected chi connectivity index (χ0v) is 16.4. The summed E-state index contributed by atoms with van der Waals surface area (Å²) < 4.78 is 32.4. The topological polar surface area (TPSA) is 84.5 Å². The van der Waals surface area contributed by atoms with Crippen molar-refractivity contribution >= 4 is 37.5 Å². The van der Waals surface area contributed by atoms with E-state index in [2.05, 4.69) is 26.0 Å². The lowest BCUT2D eigenvalue weighted by Crippen LogP contribution is -2.30. The highest BCUT2D eigenvalue weighted by Gasteiger charge is 2.16. The molecule has 0 saturated carbocycles. The molecule has 2 aromatic rings. The summed E-state index contributed by atoms with van der Waals surface area (Å²) in [5.41, 5.74) is 0.903. The fourth-order valence-corrected chi connectivity index (χ4v) is 3.78. The summed E-state index contributed by atoms with van der Waals surface area (Å²) in [7, 11) is -2.04. The molecule has 0 aliphatic carbocycles. The molecule has 134 valence electrons. The van der Waals surface area contributed by atoms with Crippen molar-refractivity contribution in [1.82, 2.24) is 4.72 Å². The van der Waals surface area contributed by atoms with Crippen molar-refractivity contribution in [2.45, 2.75) is 24.8 Å². The van der Waals surface area contributed by atoms with Crippen LogP contribution in [0.1, 0.15) is 24.2 Å². The molecule has 0 aliphatic heterocycles. The van der Waals surface area contributed by atoms with Gasteiger partial charge in [0.2, 0.25) is 10.0 Å². The third kappa shape index (κ3) is 5.04. The van der Waals surface area contributed by atoms with Gasteiger partial charge in [0.25, 0.3) is 5.91 Å². The van der Waals surface area contributed by atoms with Gasteiger partial charge in [-0.25, -0.2) is 13.1 Å². The third-order valence-electron chi connectivity index (χ3n) is 3.23. The minimum absolute atomic E-state index is 0.141. The molecule has 0 saturated heterocycles. The Labute approximate surface area is 155 Å². The van der Waals surface area contributed by atoms with Gasteiger partial charge in [-0.3, -0.25) is 4.79 Å². The molecule has 25 heavy (non-hydrogen) atoms. The Morgan fingerprint density at radius 2 is 1.76 bits per heavy atom. The number of amides is 1. The molecule has 0 aliphatic rings. The normalized spacial score (nSPS) is 11.4. The van der Waals surface area contributed by atoms with Crippen LogP contribution in [0, 0.1) is 0 Å². The minimum atomic E-state index is -3.56. The van der Waals surface area contributed by atoms with E-state index in [1.165, 1.54) is 19.2 Å². The van der Waals surface area contributed by atoms with E-state index in [9.17, 15) is 13.2 Å². The summed E-state index contributed by atoms with van der Waals surface area (Å²) in [6.07, 6.45) is 0. The van der Waals surface area contributed by atoms with Crippen LogP contribution >= 0.6 is 15.9 Å². The van der Waals surface area contributed by atoms with Crippen molar-refractivity contribution < 1.29 is 17.9 Å². The lowest BCUT2D eigenvalue weighted by molar-refractivity contribution is 0.102. The summed E-state index contributed by atoms with van der Waals surface area (Å²) in [6, 6.07) is 10.9. The average Bonchev–Trinajstić information content (AvgIpc) is 2.54. The first-order chi connectivity index (χ1) is 11.7. The number of ether oxygens (including phenoxy) is 1. The zero-order valence-electron chi connectivity index (χ0n) is 14.0. The summed E-state index contributed by atoms with van der Waals surface area (Å²) >= 11 is 3.33. The Morgan fingerprint density at radius 1 is 1.12 bits per heavy atom. The number of benzene rings is 2. The average molecular weight is 427 g/mol. The Morgan fingerprint density at radius 3 is 2.32 bits per heavy atom. The predicted octanol–water partition coefficient (Wildman–Crippen LogP) is 3.40. The first-order valence-corrected chi connectivity index (χ1v) is 9.78. The second-order valence-electron chi connectivity index (χ2n) is 5.60. The molecular formula is C17H19BrN2O4S. The molecule has 8 heteroatoms. The minimum Gasteiger partial charge on any atom is -0.497 e. The van der Waals surface area contributed by atoms with E-state index in [-0.39, 0.29) is 16.8 Å². The van der Waals surface area contributed by atoms with Crippen LogP contribution in [0.5, 0.6) is 5.75 Å². The summed E-state index contributed by atoms with van der Waals surface area (Å²) in [6.45, 7) is 3.50. The number of sulfonamides is 1. The molecule has 2 aromatic carbocycles. The van der Waals surface area contributed by atoms with Crippen LogP contribution in [-0.2, 0) is 10.0 Å². The lowest BCUT2D eigenvalue weighted by Gasteiger charge is -2.11. The third-order valence-corrected chi connectivity index (χ3v) is 5.60. The molecule has 1 amide bonds. The Bertz CT molecular complexity index is 865. The molecule has 0 radical (unpaired) electrons. The van der Waals surface area contributed by atoms with Crippen LogP contribution < -0.4 is 14.8 Å². The number of carbonyl (C=O) groups is 1. The van der Waals surface area contributed by atoms with Crippen molar-refractivity contribution in [1.29, 1.82) is 0 Å². The highest BCUT2D eigenvalue weighted by atomic mass is 79.9. The van der Waals surface area contributed by atoms with Gasteiger partial charge in [-0.1, -0.05) is 0 Å². The van der Waals surface area contributed by atoms with E-state index in [1.807, 2.05) is 0 Å². The molecule has 0 heterocycles. The van der Waals surface area contributed by atoms with Gasteiger partial charge in [0.05, 0.1) is 17.6 Å². The van der Waals surface area contributed by atoms with Crippen molar-refractivity contribution in [2.75, 3.05) is 12.4 Å². The molecule has 2 N–H and O–H groups in total. The fourth-order valence-electron chi connectivity index (χ4n) is 2.10. The maximum atomic E-state index is 12.4. The molecular weight excluding hydrogens is 408 g/mol. The van der Waals surface area contributed by atoms with E-state index >= 15 is 0 Å². The number of methoxy groups -OCH3 is 1. The van der Waals surface area contributed by atoms with Crippen LogP contribution in [-0.4, -0.2) is 27.5 Å². The predicted molar refractivity (Wildman–Crippen MR) is 101 cm³/mol. The molecule has 0 fully saturated rings. The van der Waals surface area contributed by atoms with E-state index in [0.29, 0.717) is 21.5 Å². The standard InChI is InChI=1S/C17H19BrN2O4S/c1-11(2)20-25(22,23)14-7-4-12(5-8-14)19-17(21)15-10-13(24-3)6-9-16(15)18/h4-11,20H,1-3H3,(H,19,21). The van der Waals surface area contributed by atoms with Gasteiger partial charge in [0.1, 0.15) is 5.75 Å². The molecule has 0 bridgehead atoms. The van der Waals surface area contributed by atoms with Crippen LogP contribution in [0.4, 0.5) is 5.69 Å². The maximum Gasteiger partial charge on any atom is 0.256 e. The van der Waals surface area contributed by atoms with Crippen LogP contribution in [0.2, 0.25) is 0 Å². The summed E-state index contributed by atoms with van der Waals surface area (Å²) in [5, 5.41) is 2.73. The number of carbonyl (C=O) groups excluding carboxylic acids is 1. The molecule has 0 aromatic heterocycles. The zero-order chi connectivity index (χ0) is 18.6. The van der Waals surface area contributed by atoms with Gasteiger partial charge in [0.15, 0.2) is 0 Å². The number of nitrogens with one attached hydrogen (secondary N) is 2. The van der Waals surface area contributed by atoms with E-state index < -0.39 is 10.0 Å².